The molecule has 3 fully saturated rings. The second-order valence-corrected chi connectivity index (χ2v) is 19.7. The number of nitrogens with zero attached hydrogens (tertiary/aromatic N) is 7. The van der Waals surface area contributed by atoms with Gasteiger partial charge in [-0.2, -0.15) is 0 Å². The van der Waals surface area contributed by atoms with Crippen LogP contribution in [0.4, 0.5) is 10.5 Å². The average Bonchev–Trinajstić information content (AvgIpc) is 3.76. The molecule has 0 bridgehead atoms. The highest BCUT2D eigenvalue weighted by Crippen LogP contribution is 2.66. The van der Waals surface area contributed by atoms with Gasteiger partial charge in [0, 0.05) is 45.4 Å². The molecule has 12 rings (SSSR count). The number of aromatic nitrogens is 3. The summed E-state index contributed by atoms with van der Waals surface area (Å²) in [5, 5.41) is 18.3. The van der Waals surface area contributed by atoms with Crippen LogP contribution in [0.25, 0.3) is 11.0 Å². The first-order valence-electron chi connectivity index (χ1n) is 26.0. The summed E-state index contributed by atoms with van der Waals surface area (Å²) < 4.78 is 36.6. The van der Waals surface area contributed by atoms with Gasteiger partial charge >= 0.3 is 12.1 Å². The van der Waals surface area contributed by atoms with Crippen LogP contribution in [0.15, 0.2) is 146 Å². The Morgan fingerprint density at radius 1 is 0.769 bits per heavy atom. The number of piperazine rings is 1. The highest BCUT2D eigenvalue weighted by atomic mass is 16.7. The Morgan fingerprint density at radius 2 is 1.51 bits per heavy atom. The van der Waals surface area contributed by atoms with E-state index in [-0.39, 0.29) is 58.5 Å². The Hall–Kier alpha value is -8.60. The van der Waals surface area contributed by atoms with Crippen LogP contribution >= 0.6 is 0 Å². The van der Waals surface area contributed by atoms with E-state index in [9.17, 15) is 9.90 Å². The second-order valence-electron chi connectivity index (χ2n) is 19.7. The number of para-hydroxylation sites is 1. The number of carbonyl (C=O) groups excluding carboxylic acids is 4. The lowest BCUT2D eigenvalue weighted by atomic mass is 9.65. The molecule has 18 heteroatoms. The minimum absolute atomic E-state index is 0.0328. The van der Waals surface area contributed by atoms with Gasteiger partial charge in [-0.25, -0.2) is 14.4 Å². The van der Waals surface area contributed by atoms with E-state index in [2.05, 4.69) is 27.1 Å². The zero-order valence-corrected chi connectivity index (χ0v) is 42.7. The zero-order chi connectivity index (χ0) is 53.3. The van der Waals surface area contributed by atoms with Crippen LogP contribution in [0.5, 0.6) is 17.2 Å². The lowest BCUT2D eigenvalue weighted by Crippen LogP contribution is -2.59. The minimum atomic E-state index is -2.04. The van der Waals surface area contributed by atoms with E-state index >= 15 is 14.4 Å². The summed E-state index contributed by atoms with van der Waals surface area (Å²) in [6, 6.07) is 41.4. The van der Waals surface area contributed by atoms with E-state index in [4.69, 9.17) is 28.4 Å². The van der Waals surface area contributed by atoms with Crippen molar-refractivity contribution in [3.05, 3.63) is 179 Å². The molecule has 6 heterocycles. The minimum Gasteiger partial charge on any atom is -0.491 e. The second kappa shape index (κ2) is 21.4. The van der Waals surface area contributed by atoms with Crippen molar-refractivity contribution in [1.29, 1.82) is 0 Å². The third-order valence-corrected chi connectivity index (χ3v) is 15.4. The average molecular weight is 1050 g/mol. The van der Waals surface area contributed by atoms with E-state index in [1.54, 1.807) is 39.9 Å². The normalized spacial score (nSPS) is 22.5. The third kappa shape index (κ3) is 8.93. The number of esters is 1. The summed E-state index contributed by atoms with van der Waals surface area (Å²) >= 11 is 0. The highest BCUT2D eigenvalue weighted by molar-refractivity contribution is 6.23. The lowest BCUT2D eigenvalue weighted by Gasteiger charge is -2.46. The molecule has 396 valence electrons. The van der Waals surface area contributed by atoms with Gasteiger partial charge in [-0.05, 0) is 82.4 Å². The standard InChI is InChI=1S/C60H55N7O11/c1-73-33-34-75-59(72)66-47-24-18-39(11-10-26-65-48-17-9-8-16-46(48)61-62-65)35-45(47)60(58(66)71)51(56(69)64-29-27-63(28-30-64)37-40-19-25-49-50(36-40)77-38-76-49)53-57(70)78-54(42-14-6-3-7-15-42)52(41-12-4-2-5-13-41)67(53)55(60)43-20-22-44(23-21-43)74-32-31-68/h2-9,12-25,35-36,51-55,68H,26-34,37-38H2,1H3/t51-,52-,53-,54+,55+,60-/m1/s1. The van der Waals surface area contributed by atoms with E-state index in [1.165, 1.54) is 7.11 Å². The molecule has 7 aromatic rings. The van der Waals surface area contributed by atoms with Crippen molar-refractivity contribution in [2.45, 2.75) is 42.7 Å². The van der Waals surface area contributed by atoms with E-state index in [0.717, 1.165) is 27.1 Å². The van der Waals surface area contributed by atoms with Crippen molar-refractivity contribution in [3.63, 3.8) is 0 Å². The number of aliphatic hydroxyl groups is 1. The Morgan fingerprint density at radius 3 is 2.28 bits per heavy atom. The van der Waals surface area contributed by atoms with Gasteiger partial charge in [0.05, 0.1) is 42.4 Å². The molecule has 1 spiro atoms. The Balaban J connectivity index is 1.05. The van der Waals surface area contributed by atoms with Crippen molar-refractivity contribution in [2.24, 2.45) is 5.92 Å². The smallest absolute Gasteiger partial charge is 0.421 e. The molecule has 3 saturated heterocycles. The van der Waals surface area contributed by atoms with Gasteiger partial charge in [0.1, 0.15) is 48.6 Å². The maximum Gasteiger partial charge on any atom is 0.421 e. The molecule has 0 saturated carbocycles. The molecule has 78 heavy (non-hydrogen) atoms. The van der Waals surface area contributed by atoms with E-state index < -0.39 is 59.4 Å². The van der Waals surface area contributed by atoms with Crippen LogP contribution in [0.3, 0.4) is 0 Å². The number of aliphatic hydroxyl groups excluding tert-OH is 1. The number of carbonyl (C=O) groups is 4. The Labute approximate surface area is 449 Å². The first-order valence-corrected chi connectivity index (χ1v) is 26.0. The van der Waals surface area contributed by atoms with Crippen molar-refractivity contribution in [2.75, 3.05) is 71.4 Å². The van der Waals surface area contributed by atoms with Gasteiger partial charge < -0.3 is 38.4 Å². The van der Waals surface area contributed by atoms with Crippen molar-refractivity contribution in [1.82, 2.24) is 29.7 Å². The SMILES string of the molecule is COCCOC(=O)N1C(=O)[C@@]2(c3cc(C#CCn4nnc5ccccc54)ccc31)[C@H](c1ccc(OCCO)cc1)N1[C@H](c3ccccc3)[C@H](c3ccccc3)OC(=O)[C@H]1[C@@H]2C(=O)N1CCN(Cc2ccc3c(c2)OCO3)CC1. The quantitative estimate of drug-likeness (QED) is 0.0762. The third-order valence-electron chi connectivity index (χ3n) is 15.4. The number of imide groups is 1. The van der Waals surface area contributed by atoms with Crippen molar-refractivity contribution in [3.8, 4) is 29.1 Å². The monoisotopic (exact) mass is 1050 g/mol. The number of fused-ring (bicyclic) bond motifs is 5. The zero-order valence-electron chi connectivity index (χ0n) is 42.7. The fraction of sp³-hybridized carbons (Fsp3) is 0.300. The number of methoxy groups -OCH3 is 1. The Kier molecular flexibility index (Phi) is 13.8. The largest absolute Gasteiger partial charge is 0.491 e. The maximum atomic E-state index is 16.7. The van der Waals surface area contributed by atoms with Gasteiger partial charge in [-0.15, -0.1) is 5.10 Å². The summed E-state index contributed by atoms with van der Waals surface area (Å²) in [4.78, 5) is 70.7. The molecule has 6 aromatic carbocycles. The molecule has 1 N–H and O–H groups in total. The predicted molar refractivity (Wildman–Crippen MR) is 283 cm³/mol. The lowest BCUT2D eigenvalue weighted by molar-refractivity contribution is -0.179. The van der Waals surface area contributed by atoms with E-state index in [0.29, 0.717) is 59.1 Å². The first-order chi connectivity index (χ1) is 38.3. The maximum absolute atomic E-state index is 16.7. The van der Waals surface area contributed by atoms with Gasteiger partial charge in [-0.3, -0.25) is 24.2 Å². The van der Waals surface area contributed by atoms with Gasteiger partial charge in [0.15, 0.2) is 11.5 Å². The molecule has 18 nitrogen and oxygen atoms in total. The van der Waals surface area contributed by atoms with Crippen LogP contribution in [0.2, 0.25) is 0 Å². The number of hydrogen-bond acceptors (Lipinski definition) is 15. The van der Waals surface area contributed by atoms with Gasteiger partial charge in [0.25, 0.3) is 0 Å². The number of cyclic esters (lactones) is 1. The summed E-state index contributed by atoms with van der Waals surface area (Å²) in [7, 11) is 1.48. The van der Waals surface area contributed by atoms with Crippen molar-refractivity contribution < 1.29 is 52.7 Å². The topological polar surface area (TPSA) is 188 Å². The molecular weight excluding hydrogens is 995 g/mol. The number of morpholine rings is 1. The van der Waals surface area contributed by atoms with Crippen LogP contribution in [0, 0.1) is 17.8 Å². The molecule has 5 aliphatic heterocycles. The van der Waals surface area contributed by atoms with Gasteiger partial charge in [-0.1, -0.05) is 108 Å². The number of amides is 3. The number of rotatable bonds is 13. The predicted octanol–water partition coefficient (Wildman–Crippen LogP) is 6.38. The van der Waals surface area contributed by atoms with Crippen LogP contribution < -0.4 is 19.1 Å². The number of hydrogen-bond donors (Lipinski definition) is 1. The molecule has 0 aliphatic carbocycles. The summed E-state index contributed by atoms with van der Waals surface area (Å²) in [5.41, 5.74) is 3.48. The Bertz CT molecular complexity index is 3450. The number of benzene rings is 6. The van der Waals surface area contributed by atoms with Crippen LogP contribution in [0.1, 0.15) is 51.6 Å². The molecule has 0 radical (unpaired) electrons. The summed E-state index contributed by atoms with van der Waals surface area (Å²) in [6.45, 7) is 2.09. The fourth-order valence-corrected chi connectivity index (χ4v) is 12.0. The first kappa shape index (κ1) is 50.2. The number of anilines is 1. The molecular formula is C60H55N7O11. The van der Waals surface area contributed by atoms with Crippen LogP contribution in [-0.4, -0.2) is 131 Å². The van der Waals surface area contributed by atoms with E-state index in [1.807, 2.05) is 120 Å². The van der Waals surface area contributed by atoms with Gasteiger partial charge in [0.2, 0.25) is 18.6 Å². The molecule has 3 amide bonds. The van der Waals surface area contributed by atoms with Crippen molar-refractivity contribution >= 4 is 40.6 Å². The molecule has 0 unspecified atom stereocenters. The van der Waals surface area contributed by atoms with Crippen LogP contribution in [-0.2, 0) is 47.1 Å². The number of ether oxygens (including phenoxy) is 6. The fourth-order valence-electron chi connectivity index (χ4n) is 12.0. The summed E-state index contributed by atoms with van der Waals surface area (Å²) in [6.07, 6.45) is -1.90. The molecule has 6 atom stereocenters. The molecule has 1 aromatic heterocycles. The highest BCUT2D eigenvalue weighted by Gasteiger charge is 2.76. The molecule has 5 aliphatic rings. The summed E-state index contributed by atoms with van der Waals surface area (Å²) in [5.74, 6) is 4.94.